The maximum absolute atomic E-state index is 13.3. The Bertz CT molecular complexity index is 768. The Hall–Kier alpha value is -2.60. The quantitative estimate of drug-likeness (QED) is 0.891. The molecule has 0 unspecified atom stereocenters. The van der Waals surface area contributed by atoms with Crippen LogP contribution in [0.15, 0.2) is 36.4 Å². The van der Waals surface area contributed by atoms with Crippen LogP contribution in [0.5, 0.6) is 11.6 Å². The van der Waals surface area contributed by atoms with Gasteiger partial charge in [-0.25, -0.2) is 4.98 Å². The van der Waals surface area contributed by atoms with E-state index in [-0.39, 0.29) is 5.91 Å². The molecular weight excluding hydrogens is 332 g/mol. The number of carbonyl (C=O) groups is 1. The van der Waals surface area contributed by atoms with Gasteiger partial charge in [0.2, 0.25) is 11.8 Å². The van der Waals surface area contributed by atoms with E-state index in [1.165, 1.54) is 0 Å². The van der Waals surface area contributed by atoms with E-state index >= 15 is 0 Å². The van der Waals surface area contributed by atoms with Crippen molar-refractivity contribution in [2.45, 2.75) is 25.2 Å². The largest absolute Gasteiger partial charge is 0.497 e. The highest BCUT2D eigenvalue weighted by atomic mass is 16.5. The summed E-state index contributed by atoms with van der Waals surface area (Å²) >= 11 is 0. The molecule has 1 aliphatic rings. The third kappa shape index (κ3) is 3.51. The van der Waals surface area contributed by atoms with Crippen molar-refractivity contribution in [2.75, 3.05) is 32.8 Å². The Morgan fingerprint density at radius 2 is 1.77 bits per heavy atom. The molecule has 6 nitrogen and oxygen atoms in total. The summed E-state index contributed by atoms with van der Waals surface area (Å²) in [4.78, 5) is 17.6. The van der Waals surface area contributed by atoms with E-state index in [1.54, 1.807) is 20.3 Å². The summed E-state index contributed by atoms with van der Waals surface area (Å²) in [5.41, 5.74) is 1.75. The Labute approximate surface area is 153 Å². The van der Waals surface area contributed by atoms with Crippen LogP contribution in [-0.4, -0.2) is 38.3 Å². The number of anilines is 1. The van der Waals surface area contributed by atoms with Crippen LogP contribution in [-0.2, 0) is 14.9 Å². The fourth-order valence-corrected chi connectivity index (χ4v) is 3.30. The lowest BCUT2D eigenvalue weighted by Gasteiger charge is -2.36. The first-order valence-corrected chi connectivity index (χ1v) is 8.64. The molecule has 1 aromatic heterocycles. The summed E-state index contributed by atoms with van der Waals surface area (Å²) in [5.74, 6) is 1.25. The van der Waals surface area contributed by atoms with Crippen molar-refractivity contribution in [3.63, 3.8) is 0 Å². The summed E-state index contributed by atoms with van der Waals surface area (Å²) < 4.78 is 15.9. The van der Waals surface area contributed by atoms with Crippen molar-refractivity contribution in [1.29, 1.82) is 0 Å². The predicted molar refractivity (Wildman–Crippen MR) is 98.9 cm³/mol. The van der Waals surface area contributed by atoms with Crippen LogP contribution in [0.1, 0.15) is 24.1 Å². The number of nitrogens with zero attached hydrogens (tertiary/aromatic N) is 1. The Balaban J connectivity index is 1.90. The molecule has 1 saturated heterocycles. The summed E-state index contributed by atoms with van der Waals surface area (Å²) in [7, 11) is 3.20. The number of benzene rings is 1. The van der Waals surface area contributed by atoms with Crippen LogP contribution in [0, 0.1) is 6.92 Å². The number of carbonyl (C=O) groups excluding carboxylic acids is 1. The van der Waals surface area contributed by atoms with Crippen molar-refractivity contribution in [3.05, 3.63) is 47.7 Å². The molecule has 1 aromatic carbocycles. The zero-order valence-corrected chi connectivity index (χ0v) is 15.4. The molecule has 1 aliphatic heterocycles. The highest BCUT2D eigenvalue weighted by Crippen LogP contribution is 2.37. The van der Waals surface area contributed by atoms with E-state index in [0.29, 0.717) is 37.6 Å². The zero-order valence-electron chi connectivity index (χ0n) is 15.4. The average Bonchev–Trinajstić information content (AvgIpc) is 2.70. The molecule has 0 atom stereocenters. The third-order valence-corrected chi connectivity index (χ3v) is 4.94. The standard InChI is InChI=1S/C20H24N2O4/c1-14-17(8-9-18(21-14)25-3)22-19(23)20(10-12-26-13-11-20)15-4-6-16(24-2)7-5-15/h4-9H,10-13H2,1-3H3,(H,22,23). The van der Waals surface area contributed by atoms with E-state index in [2.05, 4.69) is 10.3 Å². The van der Waals surface area contributed by atoms with Gasteiger partial charge in [0.25, 0.3) is 0 Å². The summed E-state index contributed by atoms with van der Waals surface area (Å²) in [6, 6.07) is 11.3. The molecule has 6 heteroatoms. The van der Waals surface area contributed by atoms with E-state index < -0.39 is 5.41 Å². The first-order chi connectivity index (χ1) is 12.6. The van der Waals surface area contributed by atoms with Crippen molar-refractivity contribution in [2.24, 2.45) is 0 Å². The van der Waals surface area contributed by atoms with Gasteiger partial charge in [0.05, 0.1) is 31.0 Å². The lowest BCUT2D eigenvalue weighted by Crippen LogP contribution is -2.45. The van der Waals surface area contributed by atoms with Gasteiger partial charge in [0.1, 0.15) is 5.75 Å². The van der Waals surface area contributed by atoms with E-state index in [4.69, 9.17) is 14.2 Å². The maximum atomic E-state index is 13.3. The number of nitrogens with one attached hydrogen (secondary N) is 1. The van der Waals surface area contributed by atoms with Gasteiger partial charge in [0, 0.05) is 19.3 Å². The van der Waals surface area contributed by atoms with Crippen molar-refractivity contribution >= 4 is 11.6 Å². The Morgan fingerprint density at radius 1 is 1.08 bits per heavy atom. The van der Waals surface area contributed by atoms with Crippen molar-refractivity contribution in [3.8, 4) is 11.6 Å². The molecule has 1 fully saturated rings. The number of hydrogen-bond acceptors (Lipinski definition) is 5. The van der Waals surface area contributed by atoms with Crippen LogP contribution in [0.2, 0.25) is 0 Å². The number of rotatable bonds is 5. The Kier molecular flexibility index (Phi) is 5.42. The number of aryl methyl sites for hydroxylation is 1. The third-order valence-electron chi connectivity index (χ3n) is 4.94. The molecule has 0 saturated carbocycles. The molecule has 138 valence electrons. The number of methoxy groups -OCH3 is 2. The number of aromatic nitrogens is 1. The lowest BCUT2D eigenvalue weighted by molar-refractivity contribution is -0.125. The molecule has 0 spiro atoms. The minimum Gasteiger partial charge on any atom is -0.497 e. The molecule has 0 radical (unpaired) electrons. The molecule has 1 amide bonds. The van der Waals surface area contributed by atoms with Gasteiger partial charge in [-0.05, 0) is 43.5 Å². The second-order valence-electron chi connectivity index (χ2n) is 6.36. The molecular formula is C20H24N2O4. The summed E-state index contributed by atoms with van der Waals surface area (Å²) in [6.07, 6.45) is 1.27. The molecule has 1 N–H and O–H groups in total. The Morgan fingerprint density at radius 3 is 2.35 bits per heavy atom. The van der Waals surface area contributed by atoms with E-state index in [9.17, 15) is 4.79 Å². The number of amides is 1. The molecule has 2 aromatic rings. The highest BCUT2D eigenvalue weighted by Gasteiger charge is 2.42. The monoisotopic (exact) mass is 356 g/mol. The zero-order chi connectivity index (χ0) is 18.6. The second kappa shape index (κ2) is 7.74. The van der Waals surface area contributed by atoms with Gasteiger partial charge in [-0.15, -0.1) is 0 Å². The average molecular weight is 356 g/mol. The van der Waals surface area contributed by atoms with E-state index in [0.717, 1.165) is 17.0 Å². The van der Waals surface area contributed by atoms with Crippen LogP contribution in [0.4, 0.5) is 5.69 Å². The van der Waals surface area contributed by atoms with Crippen LogP contribution in [0.25, 0.3) is 0 Å². The molecule has 3 rings (SSSR count). The normalized spacial score (nSPS) is 16.0. The number of hydrogen-bond donors (Lipinski definition) is 1. The van der Waals surface area contributed by atoms with Gasteiger partial charge in [-0.3, -0.25) is 4.79 Å². The molecule has 0 aliphatic carbocycles. The number of ether oxygens (including phenoxy) is 3. The predicted octanol–water partition coefficient (Wildman–Crippen LogP) is 3.09. The maximum Gasteiger partial charge on any atom is 0.235 e. The lowest BCUT2D eigenvalue weighted by atomic mass is 9.73. The fraction of sp³-hybridized carbons (Fsp3) is 0.400. The van der Waals surface area contributed by atoms with Gasteiger partial charge in [-0.2, -0.15) is 0 Å². The highest BCUT2D eigenvalue weighted by molar-refractivity contribution is 5.99. The smallest absolute Gasteiger partial charge is 0.235 e. The van der Waals surface area contributed by atoms with Crippen molar-refractivity contribution in [1.82, 2.24) is 4.98 Å². The molecule has 0 bridgehead atoms. The van der Waals surface area contributed by atoms with Gasteiger partial charge in [0.15, 0.2) is 0 Å². The minimum atomic E-state index is -0.628. The molecule has 2 heterocycles. The first kappa shape index (κ1) is 18.2. The fourth-order valence-electron chi connectivity index (χ4n) is 3.30. The van der Waals surface area contributed by atoms with Crippen LogP contribution >= 0.6 is 0 Å². The van der Waals surface area contributed by atoms with Gasteiger partial charge >= 0.3 is 0 Å². The van der Waals surface area contributed by atoms with Crippen LogP contribution < -0.4 is 14.8 Å². The second-order valence-corrected chi connectivity index (χ2v) is 6.36. The van der Waals surface area contributed by atoms with E-state index in [1.807, 2.05) is 37.3 Å². The molecule has 26 heavy (non-hydrogen) atoms. The minimum absolute atomic E-state index is 0.0407. The number of pyridine rings is 1. The summed E-state index contributed by atoms with van der Waals surface area (Å²) in [5, 5.41) is 3.06. The SMILES string of the molecule is COc1ccc(C2(C(=O)Nc3ccc(OC)nc3C)CCOCC2)cc1. The van der Waals surface area contributed by atoms with Crippen LogP contribution in [0.3, 0.4) is 0 Å². The summed E-state index contributed by atoms with van der Waals surface area (Å²) in [6.45, 7) is 2.96. The topological polar surface area (TPSA) is 69.7 Å². The van der Waals surface area contributed by atoms with Crippen molar-refractivity contribution < 1.29 is 19.0 Å². The van der Waals surface area contributed by atoms with Gasteiger partial charge < -0.3 is 19.5 Å². The van der Waals surface area contributed by atoms with Gasteiger partial charge in [-0.1, -0.05) is 12.1 Å². The first-order valence-electron chi connectivity index (χ1n) is 8.64.